The number of hydrogen-bond donors (Lipinski definition) is 0. The number of anilines is 1. The fourth-order valence-electron chi connectivity index (χ4n) is 3.54. The average Bonchev–Trinajstić information content (AvgIpc) is 3.02. The number of thiophene rings is 1. The highest BCUT2D eigenvalue weighted by Crippen LogP contribution is 2.40. The summed E-state index contributed by atoms with van der Waals surface area (Å²) in [5.41, 5.74) is 0. The molecule has 3 heteroatoms. The van der Waals surface area contributed by atoms with E-state index >= 15 is 0 Å². The molecule has 3 heterocycles. The second-order valence-electron chi connectivity index (χ2n) is 5.32. The standard InChI is InChI=1S/C14H16N2S/c1-2-10-8-16(9-11(10)3-1)14-12-5-7-17-13(12)4-6-15-14/h4-7,10-11H,1-3,8-9H2. The van der Waals surface area contributed by atoms with Crippen LogP contribution in [0.1, 0.15) is 19.3 Å². The first kappa shape index (κ1) is 9.89. The summed E-state index contributed by atoms with van der Waals surface area (Å²) in [5.74, 6) is 3.09. The molecule has 2 unspecified atom stereocenters. The SMILES string of the molecule is c1cc2sccc2c(N2CC3CCCC3C2)n1. The Bertz CT molecular complexity index is 536. The van der Waals surface area contributed by atoms with E-state index in [1.54, 1.807) is 0 Å². The van der Waals surface area contributed by atoms with E-state index in [9.17, 15) is 0 Å². The Labute approximate surface area is 105 Å². The average molecular weight is 244 g/mol. The quantitative estimate of drug-likeness (QED) is 0.763. The molecule has 2 fully saturated rings. The second kappa shape index (κ2) is 3.70. The molecule has 0 aromatic carbocycles. The molecule has 0 bridgehead atoms. The third-order valence-corrected chi connectivity index (χ3v) is 5.27. The first-order chi connectivity index (χ1) is 8.42. The molecule has 2 aromatic rings. The zero-order chi connectivity index (χ0) is 11.2. The molecule has 1 aliphatic carbocycles. The topological polar surface area (TPSA) is 16.1 Å². The van der Waals surface area contributed by atoms with E-state index < -0.39 is 0 Å². The van der Waals surface area contributed by atoms with Crippen LogP contribution in [0.2, 0.25) is 0 Å². The van der Waals surface area contributed by atoms with Crippen LogP contribution in [-0.2, 0) is 0 Å². The second-order valence-corrected chi connectivity index (χ2v) is 6.27. The van der Waals surface area contributed by atoms with Crippen LogP contribution in [0.5, 0.6) is 0 Å². The fraction of sp³-hybridized carbons (Fsp3) is 0.500. The summed E-state index contributed by atoms with van der Waals surface area (Å²) in [5, 5.41) is 3.52. The minimum Gasteiger partial charge on any atom is -0.356 e. The zero-order valence-corrected chi connectivity index (χ0v) is 10.6. The third kappa shape index (κ3) is 1.48. The lowest BCUT2D eigenvalue weighted by molar-refractivity contribution is 0.494. The molecule has 2 nitrogen and oxygen atoms in total. The minimum atomic E-state index is 0.936. The lowest BCUT2D eigenvalue weighted by Crippen LogP contribution is -2.21. The highest BCUT2D eigenvalue weighted by molar-refractivity contribution is 7.17. The van der Waals surface area contributed by atoms with Gasteiger partial charge in [-0.3, -0.25) is 0 Å². The van der Waals surface area contributed by atoms with Crippen molar-refractivity contribution in [2.24, 2.45) is 11.8 Å². The van der Waals surface area contributed by atoms with Crippen molar-refractivity contribution in [1.29, 1.82) is 0 Å². The van der Waals surface area contributed by atoms with Crippen LogP contribution < -0.4 is 4.90 Å². The van der Waals surface area contributed by atoms with Gasteiger partial charge in [-0.15, -0.1) is 11.3 Å². The van der Waals surface area contributed by atoms with Gasteiger partial charge in [-0.05, 0) is 42.2 Å². The lowest BCUT2D eigenvalue weighted by Gasteiger charge is -2.19. The van der Waals surface area contributed by atoms with Crippen molar-refractivity contribution >= 4 is 27.2 Å². The van der Waals surface area contributed by atoms with Crippen LogP contribution in [0, 0.1) is 11.8 Å². The van der Waals surface area contributed by atoms with Gasteiger partial charge in [-0.2, -0.15) is 0 Å². The first-order valence-corrected chi connectivity index (χ1v) is 7.37. The predicted octanol–water partition coefficient (Wildman–Crippen LogP) is 3.53. The smallest absolute Gasteiger partial charge is 0.137 e. The molecule has 0 N–H and O–H groups in total. The Hall–Kier alpha value is -1.09. The van der Waals surface area contributed by atoms with Gasteiger partial charge < -0.3 is 4.90 Å². The van der Waals surface area contributed by atoms with Crippen molar-refractivity contribution < 1.29 is 0 Å². The van der Waals surface area contributed by atoms with Crippen molar-refractivity contribution in [1.82, 2.24) is 4.98 Å². The van der Waals surface area contributed by atoms with Crippen LogP contribution in [0.25, 0.3) is 10.1 Å². The van der Waals surface area contributed by atoms with E-state index in [2.05, 4.69) is 27.4 Å². The summed E-state index contributed by atoms with van der Waals surface area (Å²) in [4.78, 5) is 7.14. The van der Waals surface area contributed by atoms with E-state index in [-0.39, 0.29) is 0 Å². The van der Waals surface area contributed by atoms with Gasteiger partial charge in [-0.1, -0.05) is 6.42 Å². The highest BCUT2D eigenvalue weighted by Gasteiger charge is 2.36. The number of fused-ring (bicyclic) bond motifs is 2. The van der Waals surface area contributed by atoms with E-state index in [0.29, 0.717) is 0 Å². The van der Waals surface area contributed by atoms with Crippen LogP contribution in [0.3, 0.4) is 0 Å². The van der Waals surface area contributed by atoms with Gasteiger partial charge in [0.1, 0.15) is 5.82 Å². The molecule has 0 radical (unpaired) electrons. The summed E-state index contributed by atoms with van der Waals surface area (Å²) in [6.07, 6.45) is 6.27. The van der Waals surface area contributed by atoms with Crippen LogP contribution in [0.4, 0.5) is 5.82 Å². The molecule has 1 aliphatic heterocycles. The Morgan fingerprint density at radius 2 is 2.00 bits per heavy atom. The van der Waals surface area contributed by atoms with Gasteiger partial charge in [-0.25, -0.2) is 4.98 Å². The molecule has 1 saturated carbocycles. The maximum atomic E-state index is 4.62. The van der Waals surface area contributed by atoms with Gasteiger partial charge in [0, 0.05) is 29.4 Å². The number of pyridine rings is 1. The van der Waals surface area contributed by atoms with Crippen LogP contribution in [0.15, 0.2) is 23.7 Å². The van der Waals surface area contributed by atoms with Crippen molar-refractivity contribution in [3.63, 3.8) is 0 Å². The molecule has 2 aliphatic rings. The minimum absolute atomic E-state index is 0.936. The summed E-state index contributed by atoms with van der Waals surface area (Å²) in [6.45, 7) is 2.46. The monoisotopic (exact) mass is 244 g/mol. The van der Waals surface area contributed by atoms with Gasteiger partial charge in [0.15, 0.2) is 0 Å². The molecule has 0 spiro atoms. The predicted molar refractivity (Wildman–Crippen MR) is 72.7 cm³/mol. The molecule has 1 saturated heterocycles. The molecule has 0 amide bonds. The van der Waals surface area contributed by atoms with E-state index in [1.165, 1.54) is 48.3 Å². The van der Waals surface area contributed by atoms with E-state index in [0.717, 1.165) is 11.8 Å². The first-order valence-electron chi connectivity index (χ1n) is 6.49. The normalized spacial score (nSPS) is 27.9. The third-order valence-electron chi connectivity index (χ3n) is 4.38. The van der Waals surface area contributed by atoms with Gasteiger partial charge >= 0.3 is 0 Å². The zero-order valence-electron chi connectivity index (χ0n) is 9.80. The number of aromatic nitrogens is 1. The van der Waals surface area contributed by atoms with Gasteiger partial charge in [0.05, 0.1) is 0 Å². The lowest BCUT2D eigenvalue weighted by atomic mass is 10.0. The molecule has 2 atom stereocenters. The molecule has 17 heavy (non-hydrogen) atoms. The fourth-order valence-corrected chi connectivity index (χ4v) is 4.32. The van der Waals surface area contributed by atoms with E-state index in [1.807, 2.05) is 17.5 Å². The molecule has 4 rings (SSSR count). The van der Waals surface area contributed by atoms with Crippen LogP contribution >= 0.6 is 11.3 Å². The summed E-state index contributed by atoms with van der Waals surface area (Å²) in [6, 6.07) is 4.34. The molecular formula is C14H16N2S. The Morgan fingerprint density at radius 3 is 2.82 bits per heavy atom. The summed E-state index contributed by atoms with van der Waals surface area (Å²) < 4.78 is 1.37. The summed E-state index contributed by atoms with van der Waals surface area (Å²) in [7, 11) is 0. The molecule has 88 valence electrons. The number of rotatable bonds is 1. The Balaban J connectivity index is 1.73. The van der Waals surface area contributed by atoms with Crippen LogP contribution in [-0.4, -0.2) is 18.1 Å². The maximum absolute atomic E-state index is 4.62. The summed E-state index contributed by atoms with van der Waals surface area (Å²) >= 11 is 1.81. The Kier molecular flexibility index (Phi) is 2.15. The van der Waals surface area contributed by atoms with Crippen molar-refractivity contribution in [2.75, 3.05) is 18.0 Å². The van der Waals surface area contributed by atoms with Crippen molar-refractivity contribution in [2.45, 2.75) is 19.3 Å². The van der Waals surface area contributed by atoms with Crippen molar-refractivity contribution in [3.8, 4) is 0 Å². The van der Waals surface area contributed by atoms with Gasteiger partial charge in [0.2, 0.25) is 0 Å². The largest absolute Gasteiger partial charge is 0.356 e. The molecular weight excluding hydrogens is 228 g/mol. The number of nitrogens with zero attached hydrogens (tertiary/aromatic N) is 2. The van der Waals surface area contributed by atoms with E-state index in [4.69, 9.17) is 0 Å². The number of hydrogen-bond acceptors (Lipinski definition) is 3. The maximum Gasteiger partial charge on any atom is 0.137 e. The van der Waals surface area contributed by atoms with Crippen molar-refractivity contribution in [3.05, 3.63) is 23.7 Å². The Morgan fingerprint density at radius 1 is 1.18 bits per heavy atom. The highest BCUT2D eigenvalue weighted by atomic mass is 32.1. The van der Waals surface area contributed by atoms with Gasteiger partial charge in [0.25, 0.3) is 0 Å². The molecule has 2 aromatic heterocycles.